The number of furan rings is 1. The number of aromatic nitrogens is 2. The van der Waals surface area contributed by atoms with E-state index < -0.39 is 0 Å². The zero-order valence-electron chi connectivity index (χ0n) is 12.8. The smallest absolute Gasteiger partial charge is 0.322 e. The number of ether oxygens (including phenoxy) is 1. The van der Waals surface area contributed by atoms with Gasteiger partial charge in [-0.05, 0) is 25.0 Å². The predicted octanol–water partition coefficient (Wildman–Crippen LogP) is 2.32. The maximum absolute atomic E-state index is 12.2. The first-order valence-electron chi connectivity index (χ1n) is 7.35. The van der Waals surface area contributed by atoms with Crippen LogP contribution in [0, 0.1) is 0 Å². The molecule has 22 heavy (non-hydrogen) atoms. The molecule has 2 aromatic heterocycles. The number of hydrogen-bond acceptors (Lipinski definition) is 4. The second-order valence-corrected chi connectivity index (χ2v) is 5.46. The Balaban J connectivity index is 1.63. The number of anilines is 1. The minimum absolute atomic E-state index is 0.140. The molecule has 0 saturated carbocycles. The summed E-state index contributed by atoms with van der Waals surface area (Å²) in [7, 11) is 3.54. The van der Waals surface area contributed by atoms with Crippen molar-refractivity contribution in [2.45, 2.75) is 18.9 Å². The van der Waals surface area contributed by atoms with Crippen LogP contribution in [0.3, 0.4) is 0 Å². The number of nitrogens with zero attached hydrogens (tertiary/aromatic N) is 3. The summed E-state index contributed by atoms with van der Waals surface area (Å²) in [4.78, 5) is 13.9. The van der Waals surface area contributed by atoms with Crippen LogP contribution in [0.25, 0.3) is 11.5 Å². The van der Waals surface area contributed by atoms with Crippen molar-refractivity contribution >= 4 is 11.8 Å². The molecule has 0 radical (unpaired) electrons. The molecule has 1 aliphatic heterocycles. The lowest BCUT2D eigenvalue weighted by molar-refractivity contribution is 0.0894. The highest BCUT2D eigenvalue weighted by Crippen LogP contribution is 2.22. The van der Waals surface area contributed by atoms with Crippen LogP contribution in [0.15, 0.2) is 28.9 Å². The van der Waals surface area contributed by atoms with Crippen LogP contribution in [0.2, 0.25) is 0 Å². The molecule has 7 nitrogen and oxygen atoms in total. The molecule has 2 aromatic rings. The number of nitrogens with one attached hydrogen (secondary N) is 1. The minimum Gasteiger partial charge on any atom is -0.463 e. The normalized spacial score (nSPS) is 17.6. The largest absolute Gasteiger partial charge is 0.463 e. The fraction of sp³-hybridized carbons (Fsp3) is 0.467. The van der Waals surface area contributed by atoms with Crippen molar-refractivity contribution in [2.24, 2.45) is 7.05 Å². The summed E-state index contributed by atoms with van der Waals surface area (Å²) < 4.78 is 12.5. The van der Waals surface area contributed by atoms with Gasteiger partial charge < -0.3 is 14.1 Å². The first-order valence-corrected chi connectivity index (χ1v) is 7.35. The number of aryl methyl sites for hydroxylation is 1. The molecule has 0 spiro atoms. The molecule has 1 N–H and O–H groups in total. The van der Waals surface area contributed by atoms with Gasteiger partial charge in [-0.2, -0.15) is 5.10 Å². The van der Waals surface area contributed by atoms with E-state index in [4.69, 9.17) is 9.15 Å². The lowest BCUT2D eigenvalue weighted by Crippen LogP contribution is -2.37. The number of carbonyl (C=O) groups excluding carboxylic acids is 1. The summed E-state index contributed by atoms with van der Waals surface area (Å²) in [6.07, 6.45) is 3.80. The summed E-state index contributed by atoms with van der Waals surface area (Å²) in [5, 5.41) is 7.19. The molecule has 1 atom stereocenters. The molecule has 1 aliphatic rings. The van der Waals surface area contributed by atoms with E-state index in [9.17, 15) is 4.79 Å². The molecule has 0 aromatic carbocycles. The Bertz CT molecular complexity index is 629. The maximum atomic E-state index is 12.2. The SMILES string of the molecule is CN(CC1CCCO1)C(=O)Nc1cc(-c2ccco2)nn1C. The first kappa shape index (κ1) is 14.6. The second-order valence-electron chi connectivity index (χ2n) is 5.46. The third-order valence-corrected chi connectivity index (χ3v) is 3.74. The van der Waals surface area contributed by atoms with Gasteiger partial charge in [0.1, 0.15) is 11.5 Å². The molecule has 1 unspecified atom stereocenters. The number of urea groups is 1. The Hall–Kier alpha value is -2.28. The number of carbonyl (C=O) groups is 1. The van der Waals surface area contributed by atoms with Gasteiger partial charge in [0, 0.05) is 33.3 Å². The second kappa shape index (κ2) is 6.23. The molecule has 0 bridgehead atoms. The topological polar surface area (TPSA) is 72.5 Å². The molecule has 2 amide bonds. The van der Waals surface area contributed by atoms with E-state index in [1.54, 1.807) is 42.1 Å². The van der Waals surface area contributed by atoms with Crippen LogP contribution in [0.1, 0.15) is 12.8 Å². The standard InChI is InChI=1S/C15H20N4O3/c1-18(10-11-5-3-7-21-11)15(20)16-14-9-12(17-19(14)2)13-6-4-8-22-13/h4,6,8-9,11H,3,5,7,10H2,1-2H3,(H,16,20). The van der Waals surface area contributed by atoms with Crippen LogP contribution in [0.5, 0.6) is 0 Å². The molecule has 118 valence electrons. The Morgan fingerprint density at radius 3 is 3.14 bits per heavy atom. The van der Waals surface area contributed by atoms with E-state index in [0.717, 1.165) is 19.4 Å². The van der Waals surface area contributed by atoms with Gasteiger partial charge in [-0.25, -0.2) is 4.79 Å². The molecule has 3 rings (SSSR count). The van der Waals surface area contributed by atoms with Gasteiger partial charge in [0.05, 0.1) is 12.4 Å². The van der Waals surface area contributed by atoms with Crippen molar-refractivity contribution < 1.29 is 13.9 Å². The number of hydrogen-bond donors (Lipinski definition) is 1. The highest BCUT2D eigenvalue weighted by molar-refractivity contribution is 5.88. The van der Waals surface area contributed by atoms with Gasteiger partial charge >= 0.3 is 6.03 Å². The first-order chi connectivity index (χ1) is 10.6. The van der Waals surface area contributed by atoms with Crippen LogP contribution < -0.4 is 5.32 Å². The number of likely N-dealkylation sites (N-methyl/N-ethyl adjacent to an activating group) is 1. The fourth-order valence-electron chi connectivity index (χ4n) is 2.51. The van der Waals surface area contributed by atoms with Crippen LogP contribution in [-0.2, 0) is 11.8 Å². The van der Waals surface area contributed by atoms with Gasteiger partial charge in [0.25, 0.3) is 0 Å². The Morgan fingerprint density at radius 1 is 1.59 bits per heavy atom. The monoisotopic (exact) mass is 304 g/mol. The lowest BCUT2D eigenvalue weighted by atomic mass is 10.2. The molecule has 7 heteroatoms. The van der Waals surface area contributed by atoms with Crippen molar-refractivity contribution in [1.82, 2.24) is 14.7 Å². The summed E-state index contributed by atoms with van der Waals surface area (Å²) in [6.45, 7) is 1.38. The summed E-state index contributed by atoms with van der Waals surface area (Å²) in [5.41, 5.74) is 0.685. The highest BCUT2D eigenvalue weighted by atomic mass is 16.5. The van der Waals surface area contributed by atoms with Gasteiger partial charge in [0.15, 0.2) is 5.76 Å². The van der Waals surface area contributed by atoms with Gasteiger partial charge in [-0.15, -0.1) is 0 Å². The Kier molecular flexibility index (Phi) is 4.15. The molecule has 1 fully saturated rings. The van der Waals surface area contributed by atoms with Gasteiger partial charge in [0.2, 0.25) is 0 Å². The summed E-state index contributed by atoms with van der Waals surface area (Å²) >= 11 is 0. The highest BCUT2D eigenvalue weighted by Gasteiger charge is 2.21. The van der Waals surface area contributed by atoms with E-state index in [0.29, 0.717) is 23.8 Å². The van der Waals surface area contributed by atoms with Crippen LogP contribution in [-0.4, -0.2) is 47.0 Å². The minimum atomic E-state index is -0.176. The van der Waals surface area contributed by atoms with Crippen molar-refractivity contribution in [1.29, 1.82) is 0 Å². The average Bonchev–Trinajstić information content (AvgIpc) is 3.21. The number of amides is 2. The quantitative estimate of drug-likeness (QED) is 0.941. The van der Waals surface area contributed by atoms with Crippen LogP contribution in [0.4, 0.5) is 10.6 Å². The molecular formula is C15H20N4O3. The van der Waals surface area contributed by atoms with Crippen LogP contribution >= 0.6 is 0 Å². The van der Waals surface area contributed by atoms with E-state index >= 15 is 0 Å². The maximum Gasteiger partial charge on any atom is 0.322 e. The molecular weight excluding hydrogens is 284 g/mol. The van der Waals surface area contributed by atoms with E-state index in [2.05, 4.69) is 10.4 Å². The molecule has 1 saturated heterocycles. The van der Waals surface area contributed by atoms with Crippen molar-refractivity contribution in [2.75, 3.05) is 25.5 Å². The number of rotatable bonds is 4. The fourth-order valence-corrected chi connectivity index (χ4v) is 2.51. The molecule has 3 heterocycles. The predicted molar refractivity (Wildman–Crippen MR) is 81.5 cm³/mol. The summed E-state index contributed by atoms with van der Waals surface area (Å²) in [6, 6.07) is 5.25. The van der Waals surface area contributed by atoms with Crippen molar-refractivity contribution in [3.05, 3.63) is 24.5 Å². The van der Waals surface area contributed by atoms with E-state index in [-0.39, 0.29) is 12.1 Å². The van der Waals surface area contributed by atoms with Gasteiger partial charge in [-0.1, -0.05) is 0 Å². The average molecular weight is 304 g/mol. The third-order valence-electron chi connectivity index (χ3n) is 3.74. The summed E-state index contributed by atoms with van der Waals surface area (Å²) in [5.74, 6) is 1.29. The van der Waals surface area contributed by atoms with Crippen molar-refractivity contribution in [3.8, 4) is 11.5 Å². The third kappa shape index (κ3) is 3.14. The Labute approximate surface area is 128 Å². The zero-order chi connectivity index (χ0) is 15.5. The zero-order valence-corrected chi connectivity index (χ0v) is 12.8. The van der Waals surface area contributed by atoms with Crippen molar-refractivity contribution in [3.63, 3.8) is 0 Å². The van der Waals surface area contributed by atoms with E-state index in [1.807, 2.05) is 6.07 Å². The Morgan fingerprint density at radius 2 is 2.45 bits per heavy atom. The molecule has 0 aliphatic carbocycles. The van der Waals surface area contributed by atoms with E-state index in [1.165, 1.54) is 0 Å². The van der Waals surface area contributed by atoms with Gasteiger partial charge in [-0.3, -0.25) is 10.00 Å². The lowest BCUT2D eigenvalue weighted by Gasteiger charge is -2.21.